The minimum absolute atomic E-state index is 0.462. The second kappa shape index (κ2) is 8.38. The van der Waals surface area contributed by atoms with Crippen molar-refractivity contribution in [1.29, 1.82) is 0 Å². The van der Waals surface area contributed by atoms with Gasteiger partial charge in [-0.05, 0) is 62.9 Å². The van der Waals surface area contributed by atoms with Gasteiger partial charge in [-0.3, -0.25) is 0 Å². The molecule has 0 amide bonds. The van der Waals surface area contributed by atoms with E-state index in [0.29, 0.717) is 5.41 Å². The van der Waals surface area contributed by atoms with Crippen molar-refractivity contribution in [3.8, 4) is 0 Å². The number of nitrogens with one attached hydrogen (secondary N) is 1. The van der Waals surface area contributed by atoms with Gasteiger partial charge in [0, 0.05) is 19.1 Å². The quantitative estimate of drug-likeness (QED) is 0.719. The van der Waals surface area contributed by atoms with Gasteiger partial charge in [-0.1, -0.05) is 34.6 Å². The molecular weight excluding hydrogens is 244 g/mol. The highest BCUT2D eigenvalue weighted by Gasteiger charge is 2.32. The Morgan fingerprint density at radius 1 is 1.20 bits per heavy atom. The average Bonchev–Trinajstić information content (AvgIpc) is 2.40. The molecule has 1 aliphatic heterocycles. The van der Waals surface area contributed by atoms with Crippen molar-refractivity contribution >= 4 is 0 Å². The molecule has 0 aliphatic carbocycles. The Balaban J connectivity index is 2.56. The van der Waals surface area contributed by atoms with E-state index in [-0.39, 0.29) is 0 Å². The Bertz CT molecular complexity index is 258. The Kier molecular flexibility index (Phi) is 7.53. The van der Waals surface area contributed by atoms with E-state index in [1.165, 1.54) is 45.3 Å². The van der Waals surface area contributed by atoms with Crippen LogP contribution in [0.5, 0.6) is 0 Å². The molecule has 1 saturated heterocycles. The Morgan fingerprint density at radius 2 is 1.85 bits per heavy atom. The van der Waals surface area contributed by atoms with Crippen molar-refractivity contribution < 1.29 is 0 Å². The fourth-order valence-electron chi connectivity index (χ4n) is 3.53. The molecular formula is C18H38N2. The third-order valence-corrected chi connectivity index (χ3v) is 5.37. The molecule has 2 atom stereocenters. The van der Waals surface area contributed by atoms with Gasteiger partial charge in [-0.15, -0.1) is 0 Å². The molecule has 1 heterocycles. The third kappa shape index (κ3) is 5.37. The van der Waals surface area contributed by atoms with Crippen LogP contribution in [0, 0.1) is 17.3 Å². The van der Waals surface area contributed by atoms with E-state index in [2.05, 4.69) is 51.8 Å². The van der Waals surface area contributed by atoms with Crippen LogP contribution in [-0.4, -0.2) is 37.1 Å². The molecule has 0 bridgehead atoms. The summed E-state index contributed by atoms with van der Waals surface area (Å²) in [6.07, 6.45) is 5.33. The molecule has 1 aliphatic rings. The molecule has 2 heteroatoms. The largest absolute Gasteiger partial charge is 0.316 e. The molecule has 2 nitrogen and oxygen atoms in total. The number of piperidine rings is 1. The van der Waals surface area contributed by atoms with Gasteiger partial charge in [0.05, 0.1) is 0 Å². The highest BCUT2D eigenvalue weighted by molar-refractivity contribution is 4.87. The zero-order valence-electron chi connectivity index (χ0n) is 14.8. The molecule has 1 rings (SSSR count). The van der Waals surface area contributed by atoms with Crippen molar-refractivity contribution in [1.82, 2.24) is 10.2 Å². The van der Waals surface area contributed by atoms with Crippen molar-refractivity contribution in [3.63, 3.8) is 0 Å². The summed E-state index contributed by atoms with van der Waals surface area (Å²) < 4.78 is 0. The standard InChI is InChI=1S/C18H38N2/c1-7-18(8-2,13-19-12-15(3)4)14-20-10-9-16(5)11-17(20)6/h15-17,19H,7-14H2,1-6H3. The Morgan fingerprint density at radius 3 is 2.35 bits per heavy atom. The molecule has 0 aromatic heterocycles. The van der Waals surface area contributed by atoms with Crippen LogP contribution in [0.1, 0.15) is 67.2 Å². The smallest absolute Gasteiger partial charge is 0.00697 e. The van der Waals surface area contributed by atoms with Crippen LogP contribution in [0.25, 0.3) is 0 Å². The fourth-order valence-corrected chi connectivity index (χ4v) is 3.53. The van der Waals surface area contributed by atoms with Gasteiger partial charge in [-0.2, -0.15) is 0 Å². The van der Waals surface area contributed by atoms with E-state index < -0.39 is 0 Å². The maximum atomic E-state index is 3.71. The highest BCUT2D eigenvalue weighted by Crippen LogP contribution is 2.31. The van der Waals surface area contributed by atoms with Crippen LogP contribution in [-0.2, 0) is 0 Å². The van der Waals surface area contributed by atoms with Crippen molar-refractivity contribution in [2.75, 3.05) is 26.2 Å². The number of hydrogen-bond donors (Lipinski definition) is 1. The lowest BCUT2D eigenvalue weighted by molar-refractivity contribution is 0.0641. The van der Waals surface area contributed by atoms with Gasteiger partial charge in [0.25, 0.3) is 0 Å². The molecule has 120 valence electrons. The van der Waals surface area contributed by atoms with Gasteiger partial charge in [0.1, 0.15) is 0 Å². The predicted molar refractivity (Wildman–Crippen MR) is 90.2 cm³/mol. The molecule has 1 N–H and O–H groups in total. The first-order valence-electron chi connectivity index (χ1n) is 8.87. The highest BCUT2D eigenvalue weighted by atomic mass is 15.2. The molecule has 0 saturated carbocycles. The molecule has 0 radical (unpaired) electrons. The third-order valence-electron chi connectivity index (χ3n) is 5.37. The van der Waals surface area contributed by atoms with E-state index in [1.807, 2.05) is 0 Å². The van der Waals surface area contributed by atoms with Crippen molar-refractivity contribution in [3.05, 3.63) is 0 Å². The van der Waals surface area contributed by atoms with Crippen LogP contribution in [0.3, 0.4) is 0 Å². The van der Waals surface area contributed by atoms with Crippen LogP contribution in [0.2, 0.25) is 0 Å². The normalized spacial score (nSPS) is 25.4. The second-order valence-electron chi connectivity index (χ2n) is 7.68. The first-order valence-corrected chi connectivity index (χ1v) is 8.87. The maximum Gasteiger partial charge on any atom is 0.00697 e. The number of rotatable bonds is 8. The van der Waals surface area contributed by atoms with Crippen LogP contribution < -0.4 is 5.32 Å². The van der Waals surface area contributed by atoms with Crippen LogP contribution in [0.15, 0.2) is 0 Å². The van der Waals surface area contributed by atoms with Gasteiger partial charge in [-0.25, -0.2) is 0 Å². The van der Waals surface area contributed by atoms with Crippen LogP contribution >= 0.6 is 0 Å². The summed E-state index contributed by atoms with van der Waals surface area (Å²) in [7, 11) is 0. The lowest BCUT2D eigenvalue weighted by Crippen LogP contribution is -2.49. The molecule has 0 spiro atoms. The fraction of sp³-hybridized carbons (Fsp3) is 1.00. The van der Waals surface area contributed by atoms with Crippen molar-refractivity contribution in [2.24, 2.45) is 17.3 Å². The number of likely N-dealkylation sites (tertiary alicyclic amines) is 1. The maximum absolute atomic E-state index is 3.71. The monoisotopic (exact) mass is 282 g/mol. The summed E-state index contributed by atoms with van der Waals surface area (Å²) in [6, 6.07) is 0.765. The minimum Gasteiger partial charge on any atom is -0.316 e. The molecule has 0 aromatic carbocycles. The first-order chi connectivity index (χ1) is 9.42. The average molecular weight is 283 g/mol. The summed E-state index contributed by atoms with van der Waals surface area (Å²) in [5.41, 5.74) is 0.462. The van der Waals surface area contributed by atoms with Gasteiger partial charge in [0.2, 0.25) is 0 Å². The molecule has 2 unspecified atom stereocenters. The molecule has 20 heavy (non-hydrogen) atoms. The number of hydrogen-bond acceptors (Lipinski definition) is 2. The van der Waals surface area contributed by atoms with E-state index >= 15 is 0 Å². The SMILES string of the molecule is CCC(CC)(CNCC(C)C)CN1CCC(C)CC1C. The van der Waals surface area contributed by atoms with Gasteiger partial charge >= 0.3 is 0 Å². The lowest BCUT2D eigenvalue weighted by Gasteiger charge is -2.43. The Hall–Kier alpha value is -0.0800. The molecule has 1 fully saturated rings. The summed E-state index contributed by atoms with van der Waals surface area (Å²) in [4.78, 5) is 2.75. The Labute approximate surface area is 127 Å². The molecule has 0 aromatic rings. The zero-order chi connectivity index (χ0) is 15.2. The summed E-state index contributed by atoms with van der Waals surface area (Å²) in [6.45, 7) is 19.1. The van der Waals surface area contributed by atoms with E-state index in [9.17, 15) is 0 Å². The lowest BCUT2D eigenvalue weighted by atomic mass is 9.80. The summed E-state index contributed by atoms with van der Waals surface area (Å²) >= 11 is 0. The zero-order valence-corrected chi connectivity index (χ0v) is 14.8. The van der Waals surface area contributed by atoms with E-state index in [1.54, 1.807) is 0 Å². The summed E-state index contributed by atoms with van der Waals surface area (Å²) in [5.74, 6) is 1.66. The van der Waals surface area contributed by atoms with Gasteiger partial charge < -0.3 is 10.2 Å². The topological polar surface area (TPSA) is 15.3 Å². The van der Waals surface area contributed by atoms with E-state index in [0.717, 1.165) is 24.4 Å². The first kappa shape index (κ1) is 18.0. The minimum atomic E-state index is 0.462. The van der Waals surface area contributed by atoms with Crippen molar-refractivity contribution in [2.45, 2.75) is 73.3 Å². The predicted octanol–water partition coefficient (Wildman–Crippen LogP) is 4.16. The van der Waals surface area contributed by atoms with Crippen LogP contribution in [0.4, 0.5) is 0 Å². The van der Waals surface area contributed by atoms with E-state index in [4.69, 9.17) is 0 Å². The van der Waals surface area contributed by atoms with Gasteiger partial charge in [0.15, 0.2) is 0 Å². The summed E-state index contributed by atoms with van der Waals surface area (Å²) in [5, 5.41) is 3.71. The number of nitrogens with zero attached hydrogens (tertiary/aromatic N) is 1. The second-order valence-corrected chi connectivity index (χ2v) is 7.68.